The highest BCUT2D eigenvalue weighted by molar-refractivity contribution is 7.87. The van der Waals surface area contributed by atoms with E-state index in [1.807, 2.05) is 0 Å². The van der Waals surface area contributed by atoms with Crippen molar-refractivity contribution in [3.63, 3.8) is 0 Å². The van der Waals surface area contributed by atoms with Crippen LogP contribution >= 0.6 is 0 Å². The van der Waals surface area contributed by atoms with E-state index >= 15 is 0 Å². The Morgan fingerprint density at radius 1 is 1.50 bits per heavy atom. The average molecular weight is 366 g/mol. The van der Waals surface area contributed by atoms with Crippen LogP contribution in [0.1, 0.15) is 19.8 Å². The molecule has 0 bridgehead atoms. The van der Waals surface area contributed by atoms with E-state index in [4.69, 9.17) is 26.3 Å². The molecule has 0 aromatic rings. The molecule has 0 amide bonds. The predicted molar refractivity (Wildman–Crippen MR) is 88.8 cm³/mol. The van der Waals surface area contributed by atoms with Gasteiger partial charge in [-0.3, -0.25) is 0 Å². The molecule has 0 aromatic carbocycles. The van der Waals surface area contributed by atoms with Crippen LogP contribution in [0.25, 0.3) is 0 Å². The van der Waals surface area contributed by atoms with E-state index in [-0.39, 0.29) is 39.1 Å². The Labute approximate surface area is 142 Å². The lowest BCUT2D eigenvalue weighted by Crippen LogP contribution is -2.56. The van der Waals surface area contributed by atoms with Crippen molar-refractivity contribution >= 4 is 23.3 Å². The second-order valence-electron chi connectivity index (χ2n) is 5.85. The molecule has 0 aliphatic carbocycles. The molecule has 24 heavy (non-hydrogen) atoms. The largest absolute Gasteiger partial charge is 0.465 e. The fourth-order valence-corrected chi connectivity index (χ4v) is 4.07. The van der Waals surface area contributed by atoms with Gasteiger partial charge in [-0.1, -0.05) is 6.42 Å². The molecule has 1 heterocycles. The highest BCUT2D eigenvalue weighted by Crippen LogP contribution is 2.32. The topological polar surface area (TPSA) is 168 Å². The maximum atomic E-state index is 12.3. The van der Waals surface area contributed by atoms with Gasteiger partial charge in [0, 0.05) is 32.1 Å². The molecule has 1 aliphatic rings. The number of esters is 1. The number of nitrogens with zero attached hydrogens (tertiary/aromatic N) is 1. The smallest absolute Gasteiger partial charge is 0.451 e. The van der Waals surface area contributed by atoms with Crippen LogP contribution in [0.4, 0.5) is 0 Å². The van der Waals surface area contributed by atoms with Gasteiger partial charge < -0.3 is 26.3 Å². The van der Waals surface area contributed by atoms with Crippen LogP contribution in [-0.2, 0) is 19.7 Å². The first-order valence-electron chi connectivity index (χ1n) is 7.94. The van der Waals surface area contributed by atoms with Gasteiger partial charge >= 0.3 is 13.1 Å². The van der Waals surface area contributed by atoms with Gasteiger partial charge in [-0.05, 0) is 19.7 Å². The van der Waals surface area contributed by atoms with Crippen LogP contribution in [0.5, 0.6) is 0 Å². The molecular weight excluding hydrogens is 339 g/mol. The Morgan fingerprint density at radius 2 is 2.17 bits per heavy atom. The second kappa shape index (κ2) is 9.08. The number of nitrogens with one attached hydrogen (secondary N) is 1. The lowest BCUT2D eigenvalue weighted by atomic mass is 9.78. The molecule has 10 nitrogen and oxygen atoms in total. The first-order chi connectivity index (χ1) is 11.2. The molecule has 1 rings (SSSR count). The van der Waals surface area contributed by atoms with Gasteiger partial charge in [0.25, 0.3) is 10.2 Å². The van der Waals surface area contributed by atoms with Crippen molar-refractivity contribution in [3.8, 4) is 0 Å². The zero-order valence-electron chi connectivity index (χ0n) is 13.8. The highest BCUT2D eigenvalue weighted by atomic mass is 32.2. The van der Waals surface area contributed by atoms with Crippen LogP contribution in [-0.4, -0.2) is 74.2 Å². The first kappa shape index (κ1) is 21.3. The second-order valence-corrected chi connectivity index (χ2v) is 7.61. The van der Waals surface area contributed by atoms with Crippen LogP contribution < -0.4 is 16.2 Å². The van der Waals surface area contributed by atoms with Crippen LogP contribution in [0, 0.1) is 5.92 Å². The molecule has 0 saturated carbocycles. The summed E-state index contributed by atoms with van der Waals surface area (Å²) in [6.45, 7) is 1.87. The van der Waals surface area contributed by atoms with Crippen molar-refractivity contribution in [1.29, 1.82) is 0 Å². The fourth-order valence-electron chi connectivity index (χ4n) is 2.75. The average Bonchev–Trinajstić information content (AvgIpc) is 2.85. The van der Waals surface area contributed by atoms with Crippen LogP contribution in [0.15, 0.2) is 0 Å². The molecule has 1 fully saturated rings. The zero-order valence-corrected chi connectivity index (χ0v) is 14.7. The minimum atomic E-state index is -3.80. The molecule has 1 aliphatic heterocycles. The third kappa shape index (κ3) is 5.38. The Hall–Kier alpha value is -0.755. The quantitative estimate of drug-likeness (QED) is 0.204. The fraction of sp³-hybridized carbons (Fsp3) is 0.917. The summed E-state index contributed by atoms with van der Waals surface area (Å²) in [5, 5.41) is 17.9. The van der Waals surface area contributed by atoms with Gasteiger partial charge in [0.1, 0.15) is 5.54 Å². The number of hydrogen-bond donors (Lipinski definition) is 5. The van der Waals surface area contributed by atoms with Gasteiger partial charge in [0.05, 0.1) is 6.61 Å². The Balaban J connectivity index is 2.90. The van der Waals surface area contributed by atoms with Gasteiger partial charge in [-0.2, -0.15) is 12.7 Å². The van der Waals surface area contributed by atoms with Crippen molar-refractivity contribution in [2.24, 2.45) is 17.4 Å². The summed E-state index contributed by atoms with van der Waals surface area (Å²) in [5.74, 6) is -1.14. The third-order valence-electron chi connectivity index (χ3n) is 4.03. The van der Waals surface area contributed by atoms with E-state index in [0.29, 0.717) is 12.8 Å². The molecule has 2 atom stereocenters. The molecular formula is C12H27BN4O6S. The zero-order chi connectivity index (χ0) is 18.4. The summed E-state index contributed by atoms with van der Waals surface area (Å²) in [5.41, 5.74) is 10.0. The van der Waals surface area contributed by atoms with Crippen molar-refractivity contribution in [3.05, 3.63) is 0 Å². The maximum absolute atomic E-state index is 12.3. The maximum Gasteiger partial charge on any atom is 0.451 e. The SMILES string of the molecule is CCOC(=O)[C@]1(N)CN(S(=O)(=O)NCCN)C[C@@H]1CCCB(O)O. The van der Waals surface area contributed by atoms with Crippen molar-refractivity contribution in [2.75, 3.05) is 32.8 Å². The van der Waals surface area contributed by atoms with E-state index in [9.17, 15) is 13.2 Å². The molecule has 12 heteroatoms. The highest BCUT2D eigenvalue weighted by Gasteiger charge is 2.52. The number of nitrogens with two attached hydrogens (primary N) is 2. The minimum Gasteiger partial charge on any atom is -0.465 e. The molecule has 0 spiro atoms. The molecule has 7 N–H and O–H groups in total. The summed E-state index contributed by atoms with van der Waals surface area (Å²) in [7, 11) is -5.25. The number of ether oxygens (including phenoxy) is 1. The van der Waals surface area contributed by atoms with Crippen LogP contribution in [0.2, 0.25) is 6.32 Å². The third-order valence-corrected chi connectivity index (χ3v) is 5.56. The van der Waals surface area contributed by atoms with Crippen molar-refractivity contribution in [1.82, 2.24) is 9.03 Å². The van der Waals surface area contributed by atoms with Crippen molar-refractivity contribution < 1.29 is 28.0 Å². The van der Waals surface area contributed by atoms with E-state index in [1.165, 1.54) is 0 Å². The van der Waals surface area contributed by atoms with Crippen molar-refractivity contribution in [2.45, 2.75) is 31.6 Å². The van der Waals surface area contributed by atoms with E-state index < -0.39 is 34.8 Å². The van der Waals surface area contributed by atoms with E-state index in [2.05, 4.69) is 4.72 Å². The molecule has 0 aromatic heterocycles. The van der Waals surface area contributed by atoms with Gasteiger partial charge in [-0.15, -0.1) is 0 Å². The minimum absolute atomic E-state index is 0.0523. The van der Waals surface area contributed by atoms with Gasteiger partial charge in [0.2, 0.25) is 0 Å². The summed E-state index contributed by atoms with van der Waals surface area (Å²) in [6, 6.07) is 0. The summed E-state index contributed by atoms with van der Waals surface area (Å²) >= 11 is 0. The standard InChI is InChI=1S/C12H27BN4O6S/c1-2-23-11(18)12(15)9-17(24(21,22)16-7-6-14)8-10(12)4-3-5-13(19)20/h10,16,19-20H,2-9,14-15H2,1H3/t10-,12-/m0/s1. The Kier molecular flexibility index (Phi) is 8.06. The number of carbonyl (C=O) groups is 1. The van der Waals surface area contributed by atoms with E-state index in [0.717, 1.165) is 4.31 Å². The lowest BCUT2D eigenvalue weighted by Gasteiger charge is -2.27. The summed E-state index contributed by atoms with van der Waals surface area (Å²) in [4.78, 5) is 12.3. The normalized spacial score (nSPS) is 25.0. The molecule has 1 saturated heterocycles. The Morgan fingerprint density at radius 3 is 2.71 bits per heavy atom. The van der Waals surface area contributed by atoms with Crippen LogP contribution in [0.3, 0.4) is 0 Å². The molecule has 140 valence electrons. The first-order valence-corrected chi connectivity index (χ1v) is 9.38. The summed E-state index contributed by atoms with van der Waals surface area (Å²) in [6.07, 6.45) is 0.883. The lowest BCUT2D eigenvalue weighted by molar-refractivity contribution is -0.150. The monoisotopic (exact) mass is 366 g/mol. The summed E-state index contributed by atoms with van der Waals surface area (Å²) < 4.78 is 33.0. The van der Waals surface area contributed by atoms with E-state index in [1.54, 1.807) is 6.92 Å². The Bertz CT molecular complexity index is 520. The molecule has 0 unspecified atom stereocenters. The number of carbonyl (C=O) groups excluding carboxylic acids is 1. The molecule has 0 radical (unpaired) electrons. The van der Waals surface area contributed by atoms with Gasteiger partial charge in [0.15, 0.2) is 0 Å². The van der Waals surface area contributed by atoms with Gasteiger partial charge in [-0.25, -0.2) is 9.52 Å². The number of hydrogen-bond acceptors (Lipinski definition) is 8. The predicted octanol–water partition coefficient (Wildman–Crippen LogP) is -2.78. The number of rotatable bonds is 10.